The van der Waals surface area contributed by atoms with E-state index in [-0.39, 0.29) is 5.91 Å². The summed E-state index contributed by atoms with van der Waals surface area (Å²) in [5.41, 5.74) is 9.55. The Hall–Kier alpha value is -1.85. The summed E-state index contributed by atoms with van der Waals surface area (Å²) in [5, 5.41) is 8.74. The minimum Gasteiger partial charge on any atom is -0.370 e. The van der Waals surface area contributed by atoms with E-state index in [1.54, 1.807) is 0 Å². The van der Waals surface area contributed by atoms with Crippen LogP contribution >= 0.6 is 11.6 Å². The number of aryl methyl sites for hydroxylation is 1. The fourth-order valence-electron chi connectivity index (χ4n) is 2.69. The summed E-state index contributed by atoms with van der Waals surface area (Å²) in [6.07, 6.45) is 1.21. The van der Waals surface area contributed by atoms with Crippen molar-refractivity contribution in [1.82, 2.24) is 15.1 Å². The molecule has 0 unspecified atom stereocenters. The second kappa shape index (κ2) is 5.87. The third-order valence-corrected chi connectivity index (χ3v) is 3.91. The van der Waals surface area contributed by atoms with E-state index in [1.165, 1.54) is 11.3 Å². The number of hydrogen-bond acceptors (Lipinski definition) is 3. The minimum absolute atomic E-state index is 0.302. The Morgan fingerprint density at radius 3 is 3.10 bits per heavy atom. The zero-order valence-corrected chi connectivity index (χ0v) is 12.4. The predicted octanol–water partition coefficient (Wildman–Crippen LogP) is 1.72. The van der Waals surface area contributed by atoms with Gasteiger partial charge in [0.15, 0.2) is 0 Å². The van der Waals surface area contributed by atoms with Gasteiger partial charge in [-0.1, -0.05) is 23.7 Å². The molecule has 6 heteroatoms. The summed E-state index contributed by atoms with van der Waals surface area (Å²) >= 11 is 6.08. The molecule has 0 aliphatic carbocycles. The fraction of sp³-hybridized carbons (Fsp3) is 0.333. The van der Waals surface area contributed by atoms with Gasteiger partial charge in [-0.05, 0) is 12.1 Å². The summed E-state index contributed by atoms with van der Waals surface area (Å²) in [4.78, 5) is 11.0. The van der Waals surface area contributed by atoms with Crippen LogP contribution in [0.15, 0.2) is 24.3 Å². The number of benzene rings is 1. The molecule has 1 aromatic heterocycles. The third kappa shape index (κ3) is 2.94. The summed E-state index contributed by atoms with van der Waals surface area (Å²) < 4.78 is 1.91. The van der Waals surface area contributed by atoms with Crippen molar-refractivity contribution in [3.63, 3.8) is 0 Å². The topological polar surface area (TPSA) is 72.9 Å². The number of hydrogen-bond donors (Lipinski definition) is 2. The first-order valence-corrected chi connectivity index (χ1v) is 7.36. The molecule has 2 heterocycles. The van der Waals surface area contributed by atoms with Crippen LogP contribution in [0, 0.1) is 0 Å². The largest absolute Gasteiger partial charge is 0.370 e. The second-order valence-electron chi connectivity index (χ2n) is 5.15. The van der Waals surface area contributed by atoms with E-state index in [9.17, 15) is 4.79 Å². The van der Waals surface area contributed by atoms with Gasteiger partial charge in [-0.3, -0.25) is 9.48 Å². The SMILES string of the molecule is NC(=O)CCn1nc(-c2cccc(Cl)c2)c2c1CCNC2. The Morgan fingerprint density at radius 1 is 1.48 bits per heavy atom. The first kappa shape index (κ1) is 14.1. The number of carbonyl (C=O) groups is 1. The molecule has 0 radical (unpaired) electrons. The number of aromatic nitrogens is 2. The molecule has 0 bridgehead atoms. The molecule has 0 atom stereocenters. The molecule has 3 rings (SSSR count). The number of nitrogens with one attached hydrogen (secondary N) is 1. The molecule has 0 spiro atoms. The first-order valence-electron chi connectivity index (χ1n) is 6.98. The molecule has 1 aliphatic heterocycles. The van der Waals surface area contributed by atoms with E-state index in [4.69, 9.17) is 17.3 Å². The lowest BCUT2D eigenvalue weighted by Gasteiger charge is -2.15. The maximum absolute atomic E-state index is 11.0. The number of carbonyl (C=O) groups excluding carboxylic acids is 1. The number of primary amides is 1. The van der Waals surface area contributed by atoms with Gasteiger partial charge in [-0.25, -0.2) is 0 Å². The molecule has 3 N–H and O–H groups in total. The molecule has 1 aromatic carbocycles. The third-order valence-electron chi connectivity index (χ3n) is 3.67. The molecule has 0 fully saturated rings. The zero-order valence-electron chi connectivity index (χ0n) is 11.6. The van der Waals surface area contributed by atoms with Crippen molar-refractivity contribution in [2.45, 2.75) is 25.9 Å². The Bertz CT molecular complexity index is 680. The van der Waals surface area contributed by atoms with E-state index in [1.807, 2.05) is 28.9 Å². The lowest BCUT2D eigenvalue weighted by Crippen LogP contribution is -2.25. The molecule has 1 amide bonds. The van der Waals surface area contributed by atoms with E-state index >= 15 is 0 Å². The highest BCUT2D eigenvalue weighted by atomic mass is 35.5. The highest BCUT2D eigenvalue weighted by Crippen LogP contribution is 2.29. The van der Waals surface area contributed by atoms with Crippen LogP contribution in [0.3, 0.4) is 0 Å². The lowest BCUT2D eigenvalue weighted by molar-refractivity contribution is -0.118. The molecule has 21 heavy (non-hydrogen) atoms. The van der Waals surface area contributed by atoms with Crippen molar-refractivity contribution in [1.29, 1.82) is 0 Å². The molecular weight excluding hydrogens is 288 g/mol. The lowest BCUT2D eigenvalue weighted by atomic mass is 10.0. The van der Waals surface area contributed by atoms with E-state index in [2.05, 4.69) is 10.4 Å². The van der Waals surface area contributed by atoms with Crippen LogP contribution in [0.1, 0.15) is 17.7 Å². The second-order valence-corrected chi connectivity index (χ2v) is 5.59. The fourth-order valence-corrected chi connectivity index (χ4v) is 2.88. The number of rotatable bonds is 4. The molecule has 5 nitrogen and oxygen atoms in total. The van der Waals surface area contributed by atoms with Gasteiger partial charge in [0.1, 0.15) is 0 Å². The molecule has 2 aromatic rings. The van der Waals surface area contributed by atoms with Gasteiger partial charge in [-0.2, -0.15) is 5.10 Å². The van der Waals surface area contributed by atoms with Crippen LogP contribution in [0.25, 0.3) is 11.3 Å². The highest BCUT2D eigenvalue weighted by Gasteiger charge is 2.21. The van der Waals surface area contributed by atoms with Gasteiger partial charge in [0.2, 0.25) is 5.91 Å². The van der Waals surface area contributed by atoms with E-state index < -0.39 is 0 Å². The average molecular weight is 305 g/mol. The number of halogens is 1. The first-order chi connectivity index (χ1) is 10.1. The molecule has 0 saturated carbocycles. The summed E-state index contributed by atoms with van der Waals surface area (Å²) in [7, 11) is 0. The summed E-state index contributed by atoms with van der Waals surface area (Å²) in [6.45, 7) is 2.23. The van der Waals surface area contributed by atoms with Crippen molar-refractivity contribution in [3.05, 3.63) is 40.5 Å². The maximum Gasteiger partial charge on any atom is 0.219 e. The smallest absolute Gasteiger partial charge is 0.219 e. The number of amides is 1. The molecule has 110 valence electrons. The summed E-state index contributed by atoms with van der Waals surface area (Å²) in [5.74, 6) is -0.308. The Labute approximate surface area is 128 Å². The van der Waals surface area contributed by atoms with Crippen LogP contribution in [-0.4, -0.2) is 22.2 Å². The summed E-state index contributed by atoms with van der Waals surface area (Å²) in [6, 6.07) is 7.68. The van der Waals surface area contributed by atoms with Crippen molar-refractivity contribution in [2.75, 3.05) is 6.54 Å². The van der Waals surface area contributed by atoms with Gasteiger partial charge in [-0.15, -0.1) is 0 Å². The van der Waals surface area contributed by atoms with Crippen LogP contribution in [0.4, 0.5) is 0 Å². The van der Waals surface area contributed by atoms with Crippen LogP contribution < -0.4 is 11.1 Å². The van der Waals surface area contributed by atoms with E-state index in [0.717, 1.165) is 30.8 Å². The predicted molar refractivity (Wildman–Crippen MR) is 81.9 cm³/mol. The Balaban J connectivity index is 2.02. The van der Waals surface area contributed by atoms with Crippen LogP contribution in [0.2, 0.25) is 5.02 Å². The normalized spacial score (nSPS) is 14.0. The quantitative estimate of drug-likeness (QED) is 0.903. The van der Waals surface area contributed by atoms with Gasteiger partial charge in [0, 0.05) is 54.3 Å². The van der Waals surface area contributed by atoms with Crippen LogP contribution in [0.5, 0.6) is 0 Å². The van der Waals surface area contributed by atoms with Gasteiger partial charge >= 0.3 is 0 Å². The number of nitrogens with zero attached hydrogens (tertiary/aromatic N) is 2. The van der Waals surface area contributed by atoms with Gasteiger partial charge in [0.25, 0.3) is 0 Å². The monoisotopic (exact) mass is 304 g/mol. The molecule has 0 saturated heterocycles. The van der Waals surface area contributed by atoms with Crippen molar-refractivity contribution in [2.24, 2.45) is 5.73 Å². The number of fused-ring (bicyclic) bond motifs is 1. The molecular formula is C15H17ClN4O. The van der Waals surface area contributed by atoms with Gasteiger partial charge < -0.3 is 11.1 Å². The minimum atomic E-state index is -0.308. The van der Waals surface area contributed by atoms with Crippen molar-refractivity contribution >= 4 is 17.5 Å². The van der Waals surface area contributed by atoms with Crippen molar-refractivity contribution < 1.29 is 4.79 Å². The van der Waals surface area contributed by atoms with Crippen molar-refractivity contribution in [3.8, 4) is 11.3 Å². The standard InChI is InChI=1S/C15H17ClN4O/c16-11-3-1-2-10(8-11)15-12-9-18-6-4-13(12)20(19-15)7-5-14(17)21/h1-3,8,18H,4-7,9H2,(H2,17,21). The zero-order chi connectivity index (χ0) is 14.8. The Kier molecular flexibility index (Phi) is 3.94. The highest BCUT2D eigenvalue weighted by molar-refractivity contribution is 6.30. The average Bonchev–Trinajstić information content (AvgIpc) is 2.84. The van der Waals surface area contributed by atoms with E-state index in [0.29, 0.717) is 18.0 Å². The van der Waals surface area contributed by atoms with Gasteiger partial charge in [0.05, 0.1) is 5.69 Å². The number of nitrogens with two attached hydrogens (primary N) is 1. The maximum atomic E-state index is 11.0. The van der Waals surface area contributed by atoms with Crippen LogP contribution in [-0.2, 0) is 24.3 Å². The Morgan fingerprint density at radius 2 is 2.33 bits per heavy atom. The molecule has 1 aliphatic rings.